The van der Waals surface area contributed by atoms with Gasteiger partial charge in [0.1, 0.15) is 17.2 Å². The summed E-state index contributed by atoms with van der Waals surface area (Å²) < 4.78 is 30.4. The number of nitrogens with one attached hydrogen (secondary N) is 2. The Morgan fingerprint density at radius 3 is 2.64 bits per heavy atom. The number of anilines is 1. The van der Waals surface area contributed by atoms with Crippen LogP contribution in [0.1, 0.15) is 35.4 Å². The number of carbonyl (C=O) groups excluding carboxylic acids is 1. The van der Waals surface area contributed by atoms with Crippen LogP contribution in [0.2, 0.25) is 10.0 Å². The van der Waals surface area contributed by atoms with E-state index in [0.717, 1.165) is 25.0 Å². The van der Waals surface area contributed by atoms with Gasteiger partial charge >= 0.3 is 0 Å². The molecule has 220 valence electrons. The van der Waals surface area contributed by atoms with Gasteiger partial charge in [0.25, 0.3) is 5.69 Å². The maximum Gasteiger partial charge on any atom is 0.275 e. The van der Waals surface area contributed by atoms with Gasteiger partial charge < -0.3 is 15.7 Å². The zero-order valence-electron chi connectivity index (χ0n) is 21.9. The zero-order chi connectivity index (χ0) is 29.9. The molecule has 13 heteroatoms. The van der Waals surface area contributed by atoms with E-state index >= 15 is 4.39 Å². The van der Waals surface area contributed by atoms with Gasteiger partial charge in [-0.05, 0) is 64.5 Å². The van der Waals surface area contributed by atoms with Crippen LogP contribution in [-0.4, -0.2) is 46.1 Å². The third kappa shape index (κ3) is 4.71. The average molecular weight is 682 g/mol. The van der Waals surface area contributed by atoms with Crippen LogP contribution in [-0.2, 0) is 16.9 Å². The van der Waals surface area contributed by atoms with E-state index in [0.29, 0.717) is 22.8 Å². The number of nitro groups is 1. The largest absolute Gasteiger partial charge is 0.395 e. The van der Waals surface area contributed by atoms with Crippen molar-refractivity contribution in [1.29, 1.82) is 0 Å². The number of hydrogen-bond donors (Lipinski definition) is 3. The summed E-state index contributed by atoms with van der Waals surface area (Å²) in [5.41, 5.74) is -0.542. The molecule has 0 aromatic heterocycles. The van der Waals surface area contributed by atoms with Crippen LogP contribution < -0.4 is 10.6 Å². The Hall–Kier alpha value is -2.67. The molecule has 3 N–H and O–H groups in total. The van der Waals surface area contributed by atoms with E-state index in [4.69, 9.17) is 23.2 Å². The number of fused-ring (bicyclic) bond motifs is 2. The van der Waals surface area contributed by atoms with E-state index in [1.54, 1.807) is 30.3 Å². The van der Waals surface area contributed by atoms with Crippen LogP contribution in [0.5, 0.6) is 0 Å². The lowest BCUT2D eigenvalue weighted by Gasteiger charge is -2.39. The van der Waals surface area contributed by atoms with Crippen molar-refractivity contribution in [2.45, 2.75) is 42.9 Å². The van der Waals surface area contributed by atoms with E-state index in [2.05, 4.69) is 26.6 Å². The van der Waals surface area contributed by atoms with Gasteiger partial charge in [-0.3, -0.25) is 19.8 Å². The molecule has 2 aliphatic heterocycles. The lowest BCUT2D eigenvalue weighted by atomic mass is 9.73. The Labute approximate surface area is 258 Å². The normalized spacial score (nSPS) is 25.2. The quantitative estimate of drug-likeness (QED) is 0.195. The van der Waals surface area contributed by atoms with E-state index < -0.39 is 52.6 Å². The second-order valence-electron chi connectivity index (χ2n) is 10.9. The minimum absolute atomic E-state index is 0.0560. The van der Waals surface area contributed by atoms with Gasteiger partial charge in [-0.1, -0.05) is 41.4 Å². The van der Waals surface area contributed by atoms with Gasteiger partial charge in [-0.25, -0.2) is 8.78 Å². The Morgan fingerprint density at radius 1 is 1.19 bits per heavy atom. The third-order valence-corrected chi connectivity index (χ3v) is 9.70. The van der Waals surface area contributed by atoms with Crippen molar-refractivity contribution in [2.24, 2.45) is 5.92 Å². The predicted octanol–water partition coefficient (Wildman–Crippen LogP) is 6.12. The highest BCUT2D eigenvalue weighted by Crippen LogP contribution is 2.58. The lowest BCUT2D eigenvalue weighted by molar-refractivity contribution is -0.385. The summed E-state index contributed by atoms with van der Waals surface area (Å²) in [4.78, 5) is 27.4. The first-order valence-electron chi connectivity index (χ1n) is 13.4. The summed E-state index contributed by atoms with van der Waals surface area (Å²) in [7, 11) is 0. The highest BCUT2D eigenvalue weighted by molar-refractivity contribution is 9.10. The Balaban J connectivity index is 1.55. The molecule has 0 bridgehead atoms. The van der Waals surface area contributed by atoms with Gasteiger partial charge in [-0.15, -0.1) is 0 Å². The first-order valence-corrected chi connectivity index (χ1v) is 14.9. The standard InChI is InChI=1S/C29H25BrCl2F2N4O4/c30-19-10-23(38(41)42)15(8-21(19)33)11-35-27-24(13-39)37(12-14-4-5-14)29(25(27)17-2-1-3-20(32)26(17)34)18-7-6-16(31)9-22(18)36-28(29)40/h1-3,6-10,14,24-25,27,35,39H,4-5,11-13H2,(H,36,40)/t24-,25-,27+,29+/m0/s1. The monoisotopic (exact) mass is 680 g/mol. The summed E-state index contributed by atoms with van der Waals surface area (Å²) >= 11 is 15.5. The van der Waals surface area contributed by atoms with Crippen LogP contribution in [0.4, 0.5) is 20.2 Å². The molecular weight excluding hydrogens is 657 g/mol. The number of benzene rings is 3. The number of nitro benzene ring substituents is 1. The van der Waals surface area contributed by atoms with Gasteiger partial charge in [0.15, 0.2) is 0 Å². The molecule has 3 aromatic carbocycles. The molecule has 3 aliphatic rings. The van der Waals surface area contributed by atoms with Gasteiger partial charge in [0.2, 0.25) is 5.91 Å². The summed E-state index contributed by atoms with van der Waals surface area (Å²) in [5, 5.41) is 29.1. The number of hydrogen-bond acceptors (Lipinski definition) is 6. The first-order chi connectivity index (χ1) is 20.1. The summed E-state index contributed by atoms with van der Waals surface area (Å²) in [6, 6.07) is 10.2. The summed E-state index contributed by atoms with van der Waals surface area (Å²) in [6.07, 6.45) is 1.89. The third-order valence-electron chi connectivity index (χ3n) is 8.57. The zero-order valence-corrected chi connectivity index (χ0v) is 25.0. The van der Waals surface area contributed by atoms with Crippen LogP contribution in [0.25, 0.3) is 0 Å². The van der Waals surface area contributed by atoms with Gasteiger partial charge in [0.05, 0.1) is 27.1 Å². The van der Waals surface area contributed by atoms with Crippen molar-refractivity contribution < 1.29 is 23.6 Å². The minimum Gasteiger partial charge on any atom is -0.395 e. The minimum atomic E-state index is -1.48. The molecular formula is C29H25BrCl2F2N4O4. The Bertz CT molecular complexity index is 1610. The SMILES string of the molecule is O=C1Nc2cc(Cl)ccc2[C@@]12[C@@H](c1cccc(Cl)c1F)[C@H](NCc1cc(F)c(Br)cc1[N+](=O)[O-])[C@H](CO)N2CC1CC1. The van der Waals surface area contributed by atoms with Crippen molar-refractivity contribution in [3.05, 3.63) is 101 Å². The number of carbonyl (C=O) groups is 1. The number of aliphatic hydroxyl groups excluding tert-OH is 1. The smallest absolute Gasteiger partial charge is 0.275 e. The molecule has 1 aliphatic carbocycles. The van der Waals surface area contributed by atoms with E-state index in [1.165, 1.54) is 6.07 Å². The molecule has 0 unspecified atom stereocenters. The molecule has 3 aromatic rings. The van der Waals surface area contributed by atoms with Crippen molar-refractivity contribution in [3.8, 4) is 0 Å². The van der Waals surface area contributed by atoms with Crippen LogP contribution in [0.15, 0.2) is 53.0 Å². The van der Waals surface area contributed by atoms with Crippen molar-refractivity contribution >= 4 is 56.4 Å². The fourth-order valence-corrected chi connectivity index (χ4v) is 7.31. The fourth-order valence-electron chi connectivity index (χ4n) is 6.62. The Kier molecular flexibility index (Phi) is 7.78. The Morgan fingerprint density at radius 2 is 1.95 bits per heavy atom. The maximum atomic E-state index is 16.0. The molecule has 1 amide bonds. The highest BCUT2D eigenvalue weighted by Gasteiger charge is 2.67. The van der Waals surface area contributed by atoms with Crippen LogP contribution in [0, 0.1) is 27.7 Å². The predicted molar refractivity (Wildman–Crippen MR) is 158 cm³/mol. The van der Waals surface area contributed by atoms with Gasteiger partial charge in [-0.2, -0.15) is 0 Å². The lowest BCUT2D eigenvalue weighted by Crippen LogP contribution is -2.53. The molecule has 6 rings (SSSR count). The molecule has 1 saturated heterocycles. The fraction of sp³-hybridized carbons (Fsp3) is 0.345. The van der Waals surface area contributed by atoms with E-state index in [-0.39, 0.29) is 38.8 Å². The second-order valence-corrected chi connectivity index (χ2v) is 12.6. The molecule has 8 nitrogen and oxygen atoms in total. The first kappa shape index (κ1) is 29.4. The molecule has 1 saturated carbocycles. The summed E-state index contributed by atoms with van der Waals surface area (Å²) in [5.74, 6) is -2.49. The number of likely N-dealkylation sites (tertiary alicyclic amines) is 1. The molecule has 1 spiro atoms. The highest BCUT2D eigenvalue weighted by atomic mass is 79.9. The molecule has 42 heavy (non-hydrogen) atoms. The van der Waals surface area contributed by atoms with E-state index in [1.807, 2.05) is 4.90 Å². The van der Waals surface area contributed by atoms with Crippen molar-refractivity contribution in [3.63, 3.8) is 0 Å². The van der Waals surface area contributed by atoms with Gasteiger partial charge in [0, 0.05) is 53.0 Å². The second kappa shape index (κ2) is 11.1. The molecule has 4 atom stereocenters. The summed E-state index contributed by atoms with van der Waals surface area (Å²) in [6.45, 7) is -0.148. The number of nitrogens with zero attached hydrogens (tertiary/aromatic N) is 2. The van der Waals surface area contributed by atoms with E-state index in [9.17, 15) is 24.4 Å². The number of rotatable bonds is 8. The van der Waals surface area contributed by atoms with Crippen molar-refractivity contribution in [1.82, 2.24) is 10.2 Å². The molecule has 2 heterocycles. The average Bonchev–Trinajstić information content (AvgIpc) is 3.67. The van der Waals surface area contributed by atoms with Crippen LogP contribution in [0.3, 0.4) is 0 Å². The molecule has 2 fully saturated rings. The topological polar surface area (TPSA) is 108 Å². The molecule has 0 radical (unpaired) electrons. The number of halogens is 5. The number of aliphatic hydroxyl groups is 1. The van der Waals surface area contributed by atoms with Crippen LogP contribution >= 0.6 is 39.1 Å². The number of amides is 1. The van der Waals surface area contributed by atoms with Crippen molar-refractivity contribution in [2.75, 3.05) is 18.5 Å². The maximum absolute atomic E-state index is 16.0.